The summed E-state index contributed by atoms with van der Waals surface area (Å²) in [4.78, 5) is 12.5. The van der Waals surface area contributed by atoms with Gasteiger partial charge in [-0.05, 0) is 62.1 Å². The molecule has 152 valence electrons. The minimum Gasteiger partial charge on any atom is -0.350 e. The Kier molecular flexibility index (Phi) is 7.09. The van der Waals surface area contributed by atoms with Crippen LogP contribution >= 0.6 is 12.4 Å². The zero-order valence-corrected chi connectivity index (χ0v) is 17.6. The molecule has 3 N–H and O–H groups in total. The van der Waals surface area contributed by atoms with E-state index in [2.05, 4.69) is 5.32 Å². The fourth-order valence-electron chi connectivity index (χ4n) is 2.83. The molecule has 3 rings (SSSR count). The highest BCUT2D eigenvalue weighted by Gasteiger charge is 2.28. The summed E-state index contributed by atoms with van der Waals surface area (Å²) >= 11 is 0. The minimum atomic E-state index is -3.65. The standard InChI is InChI=1S/C20H25N3O3S.ClH/c1-14-3-11-18(12-4-14)27(25,26)23(2)17-9-7-16(8-10-17)20(24)22-13-19(21)15-5-6-15;/h3-4,7-12,15,19H,5-6,13,21H2,1-2H3,(H,22,24);1H. The molecule has 0 aliphatic heterocycles. The first-order valence-electron chi connectivity index (χ1n) is 8.98. The number of anilines is 1. The molecule has 0 saturated heterocycles. The predicted octanol–water partition coefficient (Wildman–Crippen LogP) is 2.71. The highest BCUT2D eigenvalue weighted by molar-refractivity contribution is 7.92. The zero-order valence-electron chi connectivity index (χ0n) is 16.0. The number of sulfonamides is 1. The Morgan fingerprint density at radius 3 is 2.25 bits per heavy atom. The number of hydrogen-bond donors (Lipinski definition) is 2. The van der Waals surface area contributed by atoms with Gasteiger partial charge in [0, 0.05) is 25.2 Å². The van der Waals surface area contributed by atoms with Gasteiger partial charge in [0.05, 0.1) is 10.6 Å². The van der Waals surface area contributed by atoms with Crippen molar-refractivity contribution in [2.45, 2.75) is 30.7 Å². The van der Waals surface area contributed by atoms with Gasteiger partial charge in [-0.1, -0.05) is 17.7 Å². The van der Waals surface area contributed by atoms with Crippen molar-refractivity contribution in [3.63, 3.8) is 0 Å². The maximum atomic E-state index is 12.7. The van der Waals surface area contributed by atoms with E-state index in [1.54, 1.807) is 48.5 Å². The first-order valence-corrected chi connectivity index (χ1v) is 10.4. The monoisotopic (exact) mass is 423 g/mol. The van der Waals surface area contributed by atoms with Crippen LogP contribution in [-0.4, -0.2) is 34.0 Å². The fourth-order valence-corrected chi connectivity index (χ4v) is 4.03. The van der Waals surface area contributed by atoms with Crippen LogP contribution in [0.1, 0.15) is 28.8 Å². The molecular formula is C20H26ClN3O3S. The van der Waals surface area contributed by atoms with E-state index in [4.69, 9.17) is 5.73 Å². The van der Waals surface area contributed by atoms with Crippen molar-refractivity contribution in [3.8, 4) is 0 Å². The Morgan fingerprint density at radius 1 is 1.14 bits per heavy atom. The molecule has 0 spiro atoms. The van der Waals surface area contributed by atoms with Crippen molar-refractivity contribution in [3.05, 3.63) is 59.7 Å². The molecule has 2 aromatic rings. The van der Waals surface area contributed by atoms with Crippen LogP contribution in [0, 0.1) is 12.8 Å². The largest absolute Gasteiger partial charge is 0.350 e. The molecular weight excluding hydrogens is 398 g/mol. The van der Waals surface area contributed by atoms with E-state index < -0.39 is 10.0 Å². The number of nitrogens with two attached hydrogens (primary N) is 1. The van der Waals surface area contributed by atoms with E-state index in [0.29, 0.717) is 23.7 Å². The van der Waals surface area contributed by atoms with E-state index >= 15 is 0 Å². The van der Waals surface area contributed by atoms with Crippen molar-refractivity contribution in [2.24, 2.45) is 11.7 Å². The quantitative estimate of drug-likeness (QED) is 0.716. The summed E-state index contributed by atoms with van der Waals surface area (Å²) in [5.41, 5.74) is 7.95. The summed E-state index contributed by atoms with van der Waals surface area (Å²) in [7, 11) is -2.15. The van der Waals surface area contributed by atoms with Gasteiger partial charge in [0.15, 0.2) is 0 Å². The molecule has 1 aliphatic carbocycles. The van der Waals surface area contributed by atoms with Crippen LogP contribution in [0.4, 0.5) is 5.69 Å². The summed E-state index contributed by atoms with van der Waals surface area (Å²) in [5.74, 6) is 0.315. The molecule has 1 aliphatic rings. The SMILES string of the molecule is Cc1ccc(S(=O)(=O)N(C)c2ccc(C(=O)NCC(N)C3CC3)cc2)cc1.Cl. The van der Waals surface area contributed by atoms with E-state index in [0.717, 1.165) is 18.4 Å². The molecule has 1 saturated carbocycles. The van der Waals surface area contributed by atoms with Crippen LogP contribution < -0.4 is 15.4 Å². The zero-order chi connectivity index (χ0) is 19.6. The lowest BCUT2D eigenvalue weighted by Gasteiger charge is -2.20. The maximum Gasteiger partial charge on any atom is 0.264 e. The van der Waals surface area contributed by atoms with Gasteiger partial charge in [-0.25, -0.2) is 8.42 Å². The molecule has 1 amide bonds. The number of nitrogens with zero attached hydrogens (tertiary/aromatic N) is 1. The van der Waals surface area contributed by atoms with Crippen molar-refractivity contribution >= 4 is 34.0 Å². The molecule has 0 aromatic heterocycles. The molecule has 1 unspecified atom stereocenters. The third kappa shape index (κ3) is 5.04. The van der Waals surface area contributed by atoms with E-state index in [1.165, 1.54) is 11.4 Å². The van der Waals surface area contributed by atoms with Gasteiger partial charge in [0.25, 0.3) is 15.9 Å². The highest BCUT2D eigenvalue weighted by Crippen LogP contribution is 2.31. The van der Waals surface area contributed by atoms with Gasteiger partial charge in [0.2, 0.25) is 0 Å². The first-order chi connectivity index (χ1) is 12.8. The average molecular weight is 424 g/mol. The van der Waals surface area contributed by atoms with Crippen LogP contribution in [0.5, 0.6) is 0 Å². The first kappa shape index (κ1) is 22.2. The van der Waals surface area contributed by atoms with Gasteiger partial charge in [-0.15, -0.1) is 12.4 Å². The molecule has 0 bridgehead atoms. The number of rotatable bonds is 7. The second-order valence-electron chi connectivity index (χ2n) is 7.04. The Labute approximate surface area is 172 Å². The second kappa shape index (κ2) is 8.94. The summed E-state index contributed by atoms with van der Waals surface area (Å²) in [6.07, 6.45) is 2.26. The molecule has 1 fully saturated rings. The molecule has 2 aromatic carbocycles. The van der Waals surface area contributed by atoms with E-state index in [-0.39, 0.29) is 29.3 Å². The van der Waals surface area contributed by atoms with Crippen molar-refractivity contribution in [1.82, 2.24) is 5.32 Å². The van der Waals surface area contributed by atoms with E-state index in [9.17, 15) is 13.2 Å². The normalized spacial score (nSPS) is 14.7. The number of amides is 1. The Bertz CT molecular complexity index is 911. The summed E-state index contributed by atoms with van der Waals surface area (Å²) in [5, 5.41) is 2.83. The van der Waals surface area contributed by atoms with Gasteiger partial charge in [-0.3, -0.25) is 9.10 Å². The second-order valence-corrected chi connectivity index (χ2v) is 9.01. The third-order valence-corrected chi connectivity index (χ3v) is 6.70. The van der Waals surface area contributed by atoms with Crippen LogP contribution in [-0.2, 0) is 10.0 Å². The Hall–Kier alpha value is -2.09. The Balaban J connectivity index is 0.00000280. The summed E-state index contributed by atoms with van der Waals surface area (Å²) in [6.45, 7) is 2.36. The highest BCUT2D eigenvalue weighted by atomic mass is 35.5. The molecule has 8 heteroatoms. The molecule has 1 atom stereocenters. The molecule has 0 radical (unpaired) electrons. The fraction of sp³-hybridized carbons (Fsp3) is 0.350. The number of hydrogen-bond acceptors (Lipinski definition) is 4. The van der Waals surface area contributed by atoms with Crippen molar-refractivity contribution in [2.75, 3.05) is 17.9 Å². The minimum absolute atomic E-state index is 0. The number of aryl methyl sites for hydroxylation is 1. The van der Waals surface area contributed by atoms with Crippen molar-refractivity contribution in [1.29, 1.82) is 0 Å². The molecule has 6 nitrogen and oxygen atoms in total. The van der Waals surface area contributed by atoms with Crippen LogP contribution in [0.3, 0.4) is 0 Å². The lowest BCUT2D eigenvalue weighted by atomic mass is 10.1. The predicted molar refractivity (Wildman–Crippen MR) is 113 cm³/mol. The van der Waals surface area contributed by atoms with Crippen LogP contribution in [0.25, 0.3) is 0 Å². The van der Waals surface area contributed by atoms with Gasteiger partial charge in [0.1, 0.15) is 0 Å². The number of halogens is 1. The van der Waals surface area contributed by atoms with Crippen molar-refractivity contribution < 1.29 is 13.2 Å². The van der Waals surface area contributed by atoms with Gasteiger partial charge >= 0.3 is 0 Å². The van der Waals surface area contributed by atoms with Gasteiger partial charge in [-0.2, -0.15) is 0 Å². The number of carbonyl (C=O) groups excluding carboxylic acids is 1. The average Bonchev–Trinajstić information content (AvgIpc) is 3.51. The molecule has 28 heavy (non-hydrogen) atoms. The lowest BCUT2D eigenvalue weighted by Crippen LogP contribution is -2.38. The Morgan fingerprint density at radius 2 is 1.71 bits per heavy atom. The lowest BCUT2D eigenvalue weighted by molar-refractivity contribution is 0.0950. The van der Waals surface area contributed by atoms with Crippen LogP contribution in [0.2, 0.25) is 0 Å². The third-order valence-electron chi connectivity index (χ3n) is 4.90. The number of nitrogens with one attached hydrogen (secondary N) is 1. The number of benzene rings is 2. The number of carbonyl (C=O) groups is 1. The smallest absolute Gasteiger partial charge is 0.264 e. The van der Waals surface area contributed by atoms with E-state index in [1.807, 2.05) is 6.92 Å². The summed E-state index contributed by atoms with van der Waals surface area (Å²) in [6, 6.07) is 13.2. The maximum absolute atomic E-state index is 12.7. The topological polar surface area (TPSA) is 92.5 Å². The summed E-state index contributed by atoms with van der Waals surface area (Å²) < 4.78 is 26.7. The van der Waals surface area contributed by atoms with Crippen LogP contribution in [0.15, 0.2) is 53.4 Å². The van der Waals surface area contributed by atoms with Gasteiger partial charge < -0.3 is 11.1 Å². The molecule has 0 heterocycles.